The molecule has 3 saturated carbocycles. The molecule has 3 aliphatic rings. The fraction of sp³-hybridized carbons (Fsp3) is 0.833. The third-order valence-electron chi connectivity index (χ3n) is 5.09. The van der Waals surface area contributed by atoms with Crippen molar-refractivity contribution < 1.29 is 9.90 Å². The van der Waals surface area contributed by atoms with Crippen LogP contribution in [0.3, 0.4) is 0 Å². The van der Waals surface area contributed by atoms with E-state index in [1.54, 1.807) is 4.68 Å². The van der Waals surface area contributed by atoms with Crippen LogP contribution in [-0.4, -0.2) is 31.3 Å². The van der Waals surface area contributed by atoms with E-state index in [0.717, 1.165) is 36.9 Å². The molecule has 1 heterocycles. The van der Waals surface area contributed by atoms with Gasteiger partial charge in [-0.2, -0.15) is 0 Å². The molecule has 96 valence electrons. The van der Waals surface area contributed by atoms with Gasteiger partial charge >= 0.3 is 5.97 Å². The average molecular weight is 248 g/mol. The summed E-state index contributed by atoms with van der Waals surface area (Å²) in [5, 5.41) is 21.3. The highest BCUT2D eigenvalue weighted by atomic mass is 16.4. The summed E-state index contributed by atoms with van der Waals surface area (Å²) >= 11 is 0. The predicted octanol–water partition coefficient (Wildman–Crippen LogP) is 1.15. The highest BCUT2D eigenvalue weighted by Crippen LogP contribution is 2.57. The number of aliphatic carboxylic acids is 1. The zero-order valence-electron chi connectivity index (χ0n) is 10.1. The first-order chi connectivity index (χ1) is 8.71. The van der Waals surface area contributed by atoms with Crippen molar-refractivity contribution in [2.75, 3.05) is 0 Å². The fourth-order valence-electron chi connectivity index (χ4n) is 3.71. The summed E-state index contributed by atoms with van der Waals surface area (Å²) in [5.41, 5.74) is -0.856. The van der Waals surface area contributed by atoms with Gasteiger partial charge in [-0.1, -0.05) is 0 Å². The van der Waals surface area contributed by atoms with E-state index in [1.807, 2.05) is 0 Å². The van der Waals surface area contributed by atoms with Crippen LogP contribution in [-0.2, 0) is 10.3 Å². The van der Waals surface area contributed by atoms with Gasteiger partial charge in [0.2, 0.25) is 0 Å². The van der Waals surface area contributed by atoms with Crippen LogP contribution >= 0.6 is 0 Å². The van der Waals surface area contributed by atoms with E-state index in [-0.39, 0.29) is 0 Å². The molecule has 3 aliphatic carbocycles. The molecule has 4 rings (SSSR count). The maximum atomic E-state index is 11.5. The van der Waals surface area contributed by atoms with E-state index < -0.39 is 11.5 Å². The third-order valence-corrected chi connectivity index (χ3v) is 5.09. The lowest BCUT2D eigenvalue weighted by atomic mass is 9.76. The molecule has 6 heteroatoms. The number of hydrogen-bond acceptors (Lipinski definition) is 4. The van der Waals surface area contributed by atoms with E-state index in [0.29, 0.717) is 18.8 Å². The Morgan fingerprint density at radius 1 is 1.28 bits per heavy atom. The Morgan fingerprint density at radius 3 is 2.56 bits per heavy atom. The first-order valence-corrected chi connectivity index (χ1v) is 6.73. The van der Waals surface area contributed by atoms with E-state index >= 15 is 0 Å². The Kier molecular flexibility index (Phi) is 1.92. The smallest absolute Gasteiger partial charge is 0.331 e. The predicted molar refractivity (Wildman–Crippen MR) is 60.8 cm³/mol. The number of aromatic nitrogens is 4. The molecule has 1 N–H and O–H groups in total. The minimum atomic E-state index is -0.856. The van der Waals surface area contributed by atoms with Crippen LogP contribution in [0, 0.1) is 11.8 Å². The lowest BCUT2D eigenvalue weighted by Crippen LogP contribution is -2.49. The van der Waals surface area contributed by atoms with E-state index in [1.165, 1.54) is 6.42 Å². The molecule has 0 saturated heterocycles. The van der Waals surface area contributed by atoms with E-state index in [9.17, 15) is 9.90 Å². The van der Waals surface area contributed by atoms with Crippen molar-refractivity contribution in [1.82, 2.24) is 20.2 Å². The van der Waals surface area contributed by atoms with Gasteiger partial charge in [-0.15, -0.1) is 5.10 Å². The van der Waals surface area contributed by atoms with Crippen LogP contribution in [0.25, 0.3) is 0 Å². The van der Waals surface area contributed by atoms with E-state index in [2.05, 4.69) is 15.5 Å². The summed E-state index contributed by atoms with van der Waals surface area (Å²) < 4.78 is 1.62. The van der Waals surface area contributed by atoms with Crippen LogP contribution in [0.1, 0.15) is 50.3 Å². The standard InChI is InChI=1S/C12H16N4O2/c17-11(18)12(2-1-3-12)16-10(13-14-15-16)9-5-7-4-8(7)6-9/h7-9H,1-6H2,(H,17,18). The number of tetrazole rings is 1. The van der Waals surface area contributed by atoms with Gasteiger partial charge in [0, 0.05) is 5.92 Å². The molecule has 0 aromatic carbocycles. The molecule has 6 nitrogen and oxygen atoms in total. The number of fused-ring (bicyclic) bond motifs is 1. The van der Waals surface area contributed by atoms with Gasteiger partial charge in [-0.05, 0) is 60.8 Å². The monoisotopic (exact) mass is 248 g/mol. The first kappa shape index (κ1) is 10.5. The zero-order valence-corrected chi connectivity index (χ0v) is 10.1. The van der Waals surface area contributed by atoms with Gasteiger partial charge in [-0.25, -0.2) is 9.48 Å². The second-order valence-corrected chi connectivity index (χ2v) is 6.06. The van der Waals surface area contributed by atoms with Crippen molar-refractivity contribution in [1.29, 1.82) is 0 Å². The molecule has 2 unspecified atom stereocenters. The fourth-order valence-corrected chi connectivity index (χ4v) is 3.71. The third kappa shape index (κ3) is 1.23. The molecule has 18 heavy (non-hydrogen) atoms. The summed E-state index contributed by atoms with van der Waals surface area (Å²) in [5.74, 6) is 2.10. The van der Waals surface area contributed by atoms with Gasteiger partial charge in [0.25, 0.3) is 0 Å². The number of carbonyl (C=O) groups is 1. The van der Waals surface area contributed by atoms with Crippen molar-refractivity contribution in [3.05, 3.63) is 5.82 Å². The summed E-state index contributed by atoms with van der Waals surface area (Å²) in [4.78, 5) is 11.5. The Morgan fingerprint density at radius 2 is 2.00 bits per heavy atom. The maximum Gasteiger partial charge on any atom is 0.331 e. The first-order valence-electron chi connectivity index (χ1n) is 6.73. The molecule has 3 fully saturated rings. The summed E-state index contributed by atoms with van der Waals surface area (Å²) in [7, 11) is 0. The van der Waals surface area contributed by atoms with Gasteiger partial charge in [-0.3, -0.25) is 0 Å². The van der Waals surface area contributed by atoms with Crippen molar-refractivity contribution in [3.8, 4) is 0 Å². The maximum absolute atomic E-state index is 11.5. The molecule has 0 spiro atoms. The van der Waals surface area contributed by atoms with Crippen LogP contribution in [0.5, 0.6) is 0 Å². The number of carboxylic acids is 1. The Balaban J connectivity index is 1.69. The summed E-state index contributed by atoms with van der Waals surface area (Å²) in [6, 6.07) is 0. The summed E-state index contributed by atoms with van der Waals surface area (Å²) in [6.45, 7) is 0. The molecule has 0 amide bonds. The molecular formula is C12H16N4O2. The molecule has 2 atom stereocenters. The van der Waals surface area contributed by atoms with Crippen molar-refractivity contribution >= 4 is 5.97 Å². The van der Waals surface area contributed by atoms with Crippen LogP contribution < -0.4 is 0 Å². The lowest BCUT2D eigenvalue weighted by Gasteiger charge is -2.38. The zero-order chi connectivity index (χ0) is 12.3. The lowest BCUT2D eigenvalue weighted by molar-refractivity contribution is -0.153. The Labute approximate surface area is 104 Å². The summed E-state index contributed by atoms with van der Waals surface area (Å²) in [6.07, 6.45) is 5.88. The molecule has 1 aromatic heterocycles. The van der Waals surface area contributed by atoms with Crippen LogP contribution in [0.2, 0.25) is 0 Å². The highest BCUT2D eigenvalue weighted by Gasteiger charge is 2.52. The second-order valence-electron chi connectivity index (χ2n) is 6.06. The van der Waals surface area contributed by atoms with Gasteiger partial charge < -0.3 is 5.11 Å². The van der Waals surface area contributed by atoms with E-state index in [4.69, 9.17) is 0 Å². The molecule has 0 radical (unpaired) electrons. The van der Waals surface area contributed by atoms with Gasteiger partial charge in [0.1, 0.15) is 0 Å². The molecule has 0 bridgehead atoms. The minimum Gasteiger partial charge on any atom is -0.479 e. The van der Waals surface area contributed by atoms with Crippen molar-refractivity contribution in [2.45, 2.75) is 50.0 Å². The number of nitrogens with zero attached hydrogens (tertiary/aromatic N) is 4. The molecular weight excluding hydrogens is 232 g/mol. The highest BCUT2D eigenvalue weighted by molar-refractivity contribution is 5.77. The SMILES string of the molecule is O=C(O)C1(n2nnnc2C2CC3CC3C2)CCC1. The largest absolute Gasteiger partial charge is 0.479 e. The van der Waals surface area contributed by atoms with Crippen LogP contribution in [0.15, 0.2) is 0 Å². The number of hydrogen-bond donors (Lipinski definition) is 1. The average Bonchev–Trinajstić information content (AvgIpc) is 2.75. The normalized spacial score (nSPS) is 35.9. The minimum absolute atomic E-state index is 0.376. The Hall–Kier alpha value is -1.46. The van der Waals surface area contributed by atoms with Crippen molar-refractivity contribution in [2.24, 2.45) is 11.8 Å². The molecule has 1 aromatic rings. The quantitative estimate of drug-likeness (QED) is 0.867. The second kappa shape index (κ2) is 3.30. The van der Waals surface area contributed by atoms with Crippen LogP contribution in [0.4, 0.5) is 0 Å². The topological polar surface area (TPSA) is 80.9 Å². The number of rotatable bonds is 3. The van der Waals surface area contributed by atoms with Gasteiger partial charge in [0.15, 0.2) is 11.4 Å². The Bertz CT molecular complexity index is 498. The van der Waals surface area contributed by atoms with Crippen molar-refractivity contribution in [3.63, 3.8) is 0 Å². The number of carboxylic acid groups (broad SMARTS) is 1. The molecule has 0 aliphatic heterocycles. The van der Waals surface area contributed by atoms with Gasteiger partial charge in [0.05, 0.1) is 0 Å².